The summed E-state index contributed by atoms with van der Waals surface area (Å²) in [7, 11) is 2.14. The number of halogens is 1. The van der Waals surface area contributed by atoms with E-state index in [2.05, 4.69) is 52.1 Å². The van der Waals surface area contributed by atoms with Crippen LogP contribution in [-0.2, 0) is 0 Å². The lowest BCUT2D eigenvalue weighted by molar-refractivity contribution is 0.227. The van der Waals surface area contributed by atoms with Crippen molar-refractivity contribution in [2.75, 3.05) is 20.1 Å². The van der Waals surface area contributed by atoms with E-state index in [1.807, 2.05) is 0 Å². The fourth-order valence-electron chi connectivity index (χ4n) is 2.34. The highest BCUT2D eigenvalue weighted by atomic mass is 79.9. The Bertz CT molecular complexity index is 313. The fraction of sp³-hybridized carbons (Fsp3) is 0.500. The number of likely N-dealkylation sites (N-methyl/N-ethyl adjacent to an activating group) is 1. The minimum absolute atomic E-state index is 0.317. The molecule has 1 aliphatic heterocycles. The van der Waals surface area contributed by atoms with E-state index in [0.717, 1.165) is 24.0 Å². The first-order valence-electron chi connectivity index (χ1n) is 5.35. The van der Waals surface area contributed by atoms with Gasteiger partial charge in [0, 0.05) is 23.6 Å². The summed E-state index contributed by atoms with van der Waals surface area (Å²) in [6, 6.07) is 8.92. The van der Waals surface area contributed by atoms with Crippen LogP contribution in [0.2, 0.25) is 0 Å². The first-order valence-corrected chi connectivity index (χ1v) is 6.14. The molecular formula is C12H17BrN2. The Morgan fingerprint density at radius 1 is 1.27 bits per heavy atom. The highest BCUT2D eigenvalue weighted by Crippen LogP contribution is 2.26. The Balaban J connectivity index is 2.12. The van der Waals surface area contributed by atoms with Crippen molar-refractivity contribution in [1.82, 2.24) is 4.90 Å². The number of rotatable bonds is 1. The van der Waals surface area contributed by atoms with E-state index in [4.69, 9.17) is 5.73 Å². The van der Waals surface area contributed by atoms with E-state index >= 15 is 0 Å². The summed E-state index contributed by atoms with van der Waals surface area (Å²) in [5.41, 5.74) is 7.43. The number of hydrogen-bond donors (Lipinski definition) is 1. The summed E-state index contributed by atoms with van der Waals surface area (Å²) >= 11 is 3.46. The van der Waals surface area contributed by atoms with Gasteiger partial charge in [0.25, 0.3) is 0 Å². The lowest BCUT2D eigenvalue weighted by Crippen LogP contribution is -2.44. The summed E-state index contributed by atoms with van der Waals surface area (Å²) in [6.45, 7) is 2.14. The molecule has 3 heteroatoms. The van der Waals surface area contributed by atoms with Crippen LogP contribution in [0.15, 0.2) is 28.7 Å². The van der Waals surface area contributed by atoms with Crippen LogP contribution >= 0.6 is 15.9 Å². The first-order chi connectivity index (χ1) is 7.15. The molecule has 2 nitrogen and oxygen atoms in total. The van der Waals surface area contributed by atoms with Crippen molar-refractivity contribution < 1.29 is 0 Å². The topological polar surface area (TPSA) is 29.3 Å². The van der Waals surface area contributed by atoms with Crippen molar-refractivity contribution >= 4 is 15.9 Å². The average Bonchev–Trinajstić information content (AvgIpc) is 2.17. The summed E-state index contributed by atoms with van der Waals surface area (Å²) in [5.74, 6) is 0.590. The molecule has 2 atom stereocenters. The van der Waals surface area contributed by atoms with E-state index in [9.17, 15) is 0 Å². The normalized spacial score (nSPS) is 27.9. The number of likely N-dealkylation sites (tertiary alicyclic amines) is 1. The van der Waals surface area contributed by atoms with Gasteiger partial charge in [-0.3, -0.25) is 0 Å². The molecule has 1 saturated heterocycles. The van der Waals surface area contributed by atoms with Gasteiger partial charge in [-0.05, 0) is 37.1 Å². The van der Waals surface area contributed by atoms with Crippen LogP contribution in [0.3, 0.4) is 0 Å². The van der Waals surface area contributed by atoms with E-state index in [1.54, 1.807) is 0 Å². The number of nitrogens with zero attached hydrogens (tertiary/aromatic N) is 1. The van der Waals surface area contributed by atoms with E-state index in [0.29, 0.717) is 12.0 Å². The van der Waals surface area contributed by atoms with Crippen molar-refractivity contribution in [1.29, 1.82) is 0 Å². The number of hydrogen-bond acceptors (Lipinski definition) is 2. The highest BCUT2D eigenvalue weighted by Gasteiger charge is 2.23. The molecule has 0 spiro atoms. The van der Waals surface area contributed by atoms with Crippen molar-refractivity contribution in [2.24, 2.45) is 5.73 Å². The zero-order valence-electron chi connectivity index (χ0n) is 8.99. The Morgan fingerprint density at radius 2 is 1.93 bits per heavy atom. The average molecular weight is 269 g/mol. The summed E-state index contributed by atoms with van der Waals surface area (Å²) in [4.78, 5) is 2.32. The minimum atomic E-state index is 0.317. The third kappa shape index (κ3) is 2.80. The second kappa shape index (κ2) is 4.64. The van der Waals surface area contributed by atoms with Crippen molar-refractivity contribution in [3.63, 3.8) is 0 Å². The standard InChI is InChI=1S/C12H17BrN2/c1-15-7-10(6-12(14)8-15)9-2-4-11(13)5-3-9/h2-5,10,12H,6-8,14H2,1H3/t10-,12+/m0/s1. The Morgan fingerprint density at radius 3 is 2.53 bits per heavy atom. The molecule has 1 aliphatic rings. The van der Waals surface area contributed by atoms with Gasteiger partial charge in [0.15, 0.2) is 0 Å². The van der Waals surface area contributed by atoms with Crippen LogP contribution in [0.1, 0.15) is 17.9 Å². The van der Waals surface area contributed by atoms with Gasteiger partial charge in [0.05, 0.1) is 0 Å². The monoisotopic (exact) mass is 268 g/mol. The third-order valence-corrected chi connectivity index (χ3v) is 3.54. The van der Waals surface area contributed by atoms with Gasteiger partial charge in [-0.2, -0.15) is 0 Å². The molecule has 0 saturated carbocycles. The lowest BCUT2D eigenvalue weighted by atomic mass is 9.89. The van der Waals surface area contributed by atoms with Crippen LogP contribution in [0.25, 0.3) is 0 Å². The van der Waals surface area contributed by atoms with Gasteiger partial charge in [-0.15, -0.1) is 0 Å². The molecule has 0 bridgehead atoms. The number of piperidine rings is 1. The summed E-state index contributed by atoms with van der Waals surface area (Å²) in [5, 5.41) is 0. The first kappa shape index (κ1) is 11.1. The molecule has 1 aromatic carbocycles. The molecule has 1 fully saturated rings. The van der Waals surface area contributed by atoms with E-state index < -0.39 is 0 Å². The zero-order valence-corrected chi connectivity index (χ0v) is 10.6. The van der Waals surface area contributed by atoms with Crippen LogP contribution < -0.4 is 5.73 Å². The van der Waals surface area contributed by atoms with Gasteiger partial charge < -0.3 is 10.6 Å². The molecule has 0 aliphatic carbocycles. The Kier molecular flexibility index (Phi) is 3.44. The van der Waals surface area contributed by atoms with E-state index in [1.165, 1.54) is 5.56 Å². The van der Waals surface area contributed by atoms with Gasteiger partial charge in [0.2, 0.25) is 0 Å². The van der Waals surface area contributed by atoms with Crippen LogP contribution in [0.4, 0.5) is 0 Å². The number of benzene rings is 1. The molecule has 82 valence electrons. The second-order valence-corrected chi connectivity index (χ2v) is 5.38. The largest absolute Gasteiger partial charge is 0.327 e. The molecule has 1 heterocycles. The quantitative estimate of drug-likeness (QED) is 0.846. The van der Waals surface area contributed by atoms with Crippen molar-refractivity contribution in [2.45, 2.75) is 18.4 Å². The lowest BCUT2D eigenvalue weighted by Gasteiger charge is -2.34. The van der Waals surface area contributed by atoms with Crippen LogP contribution in [-0.4, -0.2) is 31.1 Å². The summed E-state index contributed by atoms with van der Waals surface area (Å²) in [6.07, 6.45) is 1.10. The molecule has 0 unspecified atom stereocenters. The zero-order chi connectivity index (χ0) is 10.8. The van der Waals surface area contributed by atoms with Gasteiger partial charge in [0.1, 0.15) is 0 Å². The predicted octanol–water partition coefficient (Wildman–Crippen LogP) is 2.20. The second-order valence-electron chi connectivity index (χ2n) is 4.47. The van der Waals surface area contributed by atoms with Crippen molar-refractivity contribution in [3.8, 4) is 0 Å². The molecule has 0 aromatic heterocycles. The molecule has 2 N–H and O–H groups in total. The molecule has 15 heavy (non-hydrogen) atoms. The summed E-state index contributed by atoms with van der Waals surface area (Å²) < 4.78 is 1.14. The minimum Gasteiger partial charge on any atom is -0.327 e. The maximum atomic E-state index is 6.03. The smallest absolute Gasteiger partial charge is 0.0175 e. The van der Waals surface area contributed by atoms with Crippen LogP contribution in [0.5, 0.6) is 0 Å². The molecule has 1 aromatic rings. The fourth-order valence-corrected chi connectivity index (χ4v) is 2.61. The van der Waals surface area contributed by atoms with Gasteiger partial charge >= 0.3 is 0 Å². The molecule has 0 radical (unpaired) electrons. The molecule has 2 rings (SSSR count). The van der Waals surface area contributed by atoms with Crippen LogP contribution in [0, 0.1) is 0 Å². The maximum absolute atomic E-state index is 6.03. The molecular weight excluding hydrogens is 252 g/mol. The van der Waals surface area contributed by atoms with Gasteiger partial charge in [-0.1, -0.05) is 28.1 Å². The highest BCUT2D eigenvalue weighted by molar-refractivity contribution is 9.10. The van der Waals surface area contributed by atoms with Crippen molar-refractivity contribution in [3.05, 3.63) is 34.3 Å². The third-order valence-electron chi connectivity index (χ3n) is 3.01. The Hall–Kier alpha value is -0.380. The van der Waals surface area contributed by atoms with E-state index in [-0.39, 0.29) is 0 Å². The predicted molar refractivity (Wildman–Crippen MR) is 67.0 cm³/mol. The number of nitrogens with two attached hydrogens (primary N) is 1. The Labute approximate surface area is 99.6 Å². The maximum Gasteiger partial charge on any atom is 0.0175 e. The SMILES string of the molecule is CN1C[C@H](N)C[C@H](c2ccc(Br)cc2)C1. The molecule has 0 amide bonds. The van der Waals surface area contributed by atoms with Gasteiger partial charge in [-0.25, -0.2) is 0 Å².